The lowest BCUT2D eigenvalue weighted by atomic mass is 10.1. The number of hydrogen-bond donors (Lipinski definition) is 3. The van der Waals surface area contributed by atoms with E-state index in [1.54, 1.807) is 11.8 Å². The molecule has 0 aliphatic carbocycles. The fourth-order valence-electron chi connectivity index (χ4n) is 3.26. The van der Waals surface area contributed by atoms with Crippen LogP contribution in [0.25, 0.3) is 0 Å². The zero-order valence-electron chi connectivity index (χ0n) is 17.8. The van der Waals surface area contributed by atoms with E-state index in [1.165, 1.54) is 11.1 Å². The first kappa shape index (κ1) is 23.0. The number of aryl methyl sites for hydroxylation is 3. The van der Waals surface area contributed by atoms with E-state index in [2.05, 4.69) is 34.9 Å². The summed E-state index contributed by atoms with van der Waals surface area (Å²) in [6.45, 7) is 7.20. The minimum Gasteiger partial charge on any atom is -0.350 e. The molecule has 5 nitrogen and oxygen atoms in total. The van der Waals surface area contributed by atoms with Gasteiger partial charge in [0.15, 0.2) is 13.1 Å². The van der Waals surface area contributed by atoms with Crippen LogP contribution < -0.4 is 15.5 Å². The van der Waals surface area contributed by atoms with E-state index < -0.39 is 0 Å². The van der Waals surface area contributed by atoms with E-state index in [1.807, 2.05) is 46.0 Å². The van der Waals surface area contributed by atoms with E-state index in [0.717, 1.165) is 33.2 Å². The van der Waals surface area contributed by atoms with Crippen molar-refractivity contribution in [1.29, 1.82) is 0 Å². The molecule has 1 unspecified atom stereocenters. The first-order valence-electron chi connectivity index (χ1n) is 9.92. The lowest BCUT2D eigenvalue weighted by Crippen LogP contribution is -3.11. The summed E-state index contributed by atoms with van der Waals surface area (Å²) >= 11 is 1.80. The molecule has 3 N–H and O–H groups in total. The maximum Gasteiger partial charge on any atom is 0.279 e. The van der Waals surface area contributed by atoms with Gasteiger partial charge in [0, 0.05) is 23.7 Å². The Bertz CT molecular complexity index is 801. The molecule has 0 fully saturated rings. The molecular formula is C23H32N3O2S+. The summed E-state index contributed by atoms with van der Waals surface area (Å²) in [7, 11) is 1.86. The normalized spacial score (nSPS) is 11.7. The van der Waals surface area contributed by atoms with Crippen molar-refractivity contribution < 1.29 is 14.5 Å². The Morgan fingerprint density at radius 1 is 0.966 bits per heavy atom. The van der Waals surface area contributed by atoms with E-state index in [-0.39, 0.29) is 24.9 Å². The van der Waals surface area contributed by atoms with Gasteiger partial charge in [0.25, 0.3) is 11.8 Å². The number of likely N-dealkylation sites (N-methyl/N-ethyl adjacent to an activating group) is 1. The molecule has 0 aliphatic rings. The van der Waals surface area contributed by atoms with Crippen molar-refractivity contribution in [3.63, 3.8) is 0 Å². The first-order chi connectivity index (χ1) is 13.8. The van der Waals surface area contributed by atoms with Gasteiger partial charge in [-0.1, -0.05) is 48.0 Å². The number of anilines is 1. The third-order valence-electron chi connectivity index (χ3n) is 4.55. The molecule has 0 saturated carbocycles. The second-order valence-electron chi connectivity index (χ2n) is 7.52. The Hall–Kier alpha value is -2.31. The molecule has 156 valence electrons. The summed E-state index contributed by atoms with van der Waals surface area (Å²) in [5, 5.41) is 5.93. The van der Waals surface area contributed by atoms with Crippen LogP contribution in [0, 0.1) is 20.8 Å². The topological polar surface area (TPSA) is 62.6 Å². The van der Waals surface area contributed by atoms with Gasteiger partial charge in [0.1, 0.15) is 0 Å². The Labute approximate surface area is 178 Å². The minimum atomic E-state index is -0.0798. The van der Waals surface area contributed by atoms with Crippen LogP contribution in [0.4, 0.5) is 5.69 Å². The molecular weight excluding hydrogens is 382 g/mol. The van der Waals surface area contributed by atoms with Crippen molar-refractivity contribution in [2.75, 3.05) is 37.8 Å². The van der Waals surface area contributed by atoms with Crippen LogP contribution in [-0.4, -0.2) is 44.2 Å². The summed E-state index contributed by atoms with van der Waals surface area (Å²) in [4.78, 5) is 25.3. The van der Waals surface area contributed by atoms with Crippen LogP contribution in [0.5, 0.6) is 0 Å². The smallest absolute Gasteiger partial charge is 0.279 e. The Kier molecular flexibility index (Phi) is 9.22. The highest BCUT2D eigenvalue weighted by Crippen LogP contribution is 2.21. The van der Waals surface area contributed by atoms with Crippen LogP contribution in [0.1, 0.15) is 22.3 Å². The van der Waals surface area contributed by atoms with Crippen LogP contribution in [0.15, 0.2) is 42.5 Å². The molecule has 0 saturated heterocycles. The summed E-state index contributed by atoms with van der Waals surface area (Å²) < 4.78 is 0. The van der Waals surface area contributed by atoms with Crippen LogP contribution >= 0.6 is 11.8 Å². The van der Waals surface area contributed by atoms with Gasteiger partial charge in [-0.3, -0.25) is 9.59 Å². The maximum absolute atomic E-state index is 12.4. The van der Waals surface area contributed by atoms with Crippen molar-refractivity contribution in [2.24, 2.45) is 0 Å². The van der Waals surface area contributed by atoms with Crippen molar-refractivity contribution >= 4 is 29.3 Å². The molecule has 2 amide bonds. The predicted octanol–water partition coefficient (Wildman–Crippen LogP) is 2.11. The molecule has 0 spiro atoms. The van der Waals surface area contributed by atoms with Crippen molar-refractivity contribution in [1.82, 2.24) is 5.32 Å². The molecule has 0 aliphatic heterocycles. The Balaban J connectivity index is 1.65. The van der Waals surface area contributed by atoms with Gasteiger partial charge in [-0.25, -0.2) is 0 Å². The lowest BCUT2D eigenvalue weighted by molar-refractivity contribution is -0.862. The van der Waals surface area contributed by atoms with Crippen LogP contribution in [-0.2, 0) is 15.3 Å². The molecule has 29 heavy (non-hydrogen) atoms. The quantitative estimate of drug-likeness (QED) is 0.522. The molecule has 0 radical (unpaired) electrons. The SMILES string of the molecule is Cc1cc(C)c(NC(=O)C[NH+](C)CC(=O)NCCSCc2ccccc2)c(C)c1. The number of nitrogens with one attached hydrogen (secondary N) is 3. The third kappa shape index (κ3) is 8.30. The molecule has 1 atom stereocenters. The van der Waals surface area contributed by atoms with Gasteiger partial charge in [-0.15, -0.1) is 0 Å². The average Bonchev–Trinajstić information content (AvgIpc) is 2.65. The van der Waals surface area contributed by atoms with Gasteiger partial charge < -0.3 is 15.5 Å². The van der Waals surface area contributed by atoms with Gasteiger partial charge >= 0.3 is 0 Å². The van der Waals surface area contributed by atoms with Gasteiger partial charge in [-0.05, 0) is 37.5 Å². The number of amides is 2. The second kappa shape index (κ2) is 11.6. The molecule has 6 heteroatoms. The Morgan fingerprint density at radius 2 is 1.59 bits per heavy atom. The highest BCUT2D eigenvalue weighted by atomic mass is 32.2. The Morgan fingerprint density at radius 3 is 2.24 bits per heavy atom. The summed E-state index contributed by atoms with van der Waals surface area (Å²) in [5.74, 6) is 1.70. The van der Waals surface area contributed by atoms with Crippen molar-refractivity contribution in [2.45, 2.75) is 26.5 Å². The second-order valence-corrected chi connectivity index (χ2v) is 8.63. The highest BCUT2D eigenvalue weighted by Gasteiger charge is 2.15. The zero-order valence-corrected chi connectivity index (χ0v) is 18.6. The van der Waals surface area contributed by atoms with Gasteiger partial charge in [0.2, 0.25) is 0 Å². The van der Waals surface area contributed by atoms with E-state index in [9.17, 15) is 9.59 Å². The molecule has 0 bridgehead atoms. The summed E-state index contributed by atoms with van der Waals surface area (Å²) in [5.41, 5.74) is 5.45. The maximum atomic E-state index is 12.4. The fraction of sp³-hybridized carbons (Fsp3) is 0.391. The highest BCUT2D eigenvalue weighted by molar-refractivity contribution is 7.98. The van der Waals surface area contributed by atoms with Gasteiger partial charge in [0.05, 0.1) is 7.05 Å². The number of rotatable bonds is 10. The van der Waals surface area contributed by atoms with Crippen LogP contribution in [0.2, 0.25) is 0 Å². The van der Waals surface area contributed by atoms with E-state index >= 15 is 0 Å². The third-order valence-corrected chi connectivity index (χ3v) is 5.58. The lowest BCUT2D eigenvalue weighted by Gasteiger charge is -2.16. The molecule has 2 rings (SSSR count). The van der Waals surface area contributed by atoms with E-state index in [4.69, 9.17) is 0 Å². The minimum absolute atomic E-state index is 0.0293. The number of quaternary nitrogens is 1. The largest absolute Gasteiger partial charge is 0.350 e. The van der Waals surface area contributed by atoms with Crippen molar-refractivity contribution in [3.8, 4) is 0 Å². The molecule has 2 aromatic rings. The molecule has 0 aromatic heterocycles. The fourth-order valence-corrected chi connectivity index (χ4v) is 4.08. The number of carbonyl (C=O) groups excluding carboxylic acids is 2. The van der Waals surface area contributed by atoms with E-state index in [0.29, 0.717) is 6.54 Å². The first-order valence-corrected chi connectivity index (χ1v) is 11.1. The summed E-state index contributed by atoms with van der Waals surface area (Å²) in [6.07, 6.45) is 0. The predicted molar refractivity (Wildman–Crippen MR) is 122 cm³/mol. The number of thioether (sulfide) groups is 1. The molecule has 2 aromatic carbocycles. The number of benzene rings is 2. The van der Waals surface area contributed by atoms with Gasteiger partial charge in [-0.2, -0.15) is 11.8 Å². The van der Waals surface area contributed by atoms with Crippen molar-refractivity contribution in [3.05, 3.63) is 64.7 Å². The summed E-state index contributed by atoms with van der Waals surface area (Å²) in [6, 6.07) is 14.4. The van der Waals surface area contributed by atoms with Crippen LogP contribution in [0.3, 0.4) is 0 Å². The molecule has 0 heterocycles. The standard InChI is InChI=1S/C23H31N3O2S/c1-17-12-18(2)23(19(3)13-17)25-22(28)15-26(4)14-21(27)24-10-11-29-16-20-8-6-5-7-9-20/h5-9,12-13H,10-11,14-16H2,1-4H3,(H,24,27)(H,25,28)/p+1. The number of hydrogen-bond acceptors (Lipinski definition) is 3. The monoisotopic (exact) mass is 414 g/mol. The number of carbonyl (C=O) groups is 2. The zero-order chi connectivity index (χ0) is 21.2. The average molecular weight is 415 g/mol.